The van der Waals surface area contributed by atoms with E-state index in [1.807, 2.05) is 24.5 Å². The van der Waals surface area contributed by atoms with Crippen molar-refractivity contribution >= 4 is 43.9 Å². The van der Waals surface area contributed by atoms with E-state index in [2.05, 4.69) is 196 Å². The Hall–Kier alpha value is -6.98. The molecule has 4 heterocycles. The SMILES string of the molecule is CCC(C)(C)c1cc(-c2ccccc2)c(OC(C)(C)C)c(-c2ccc(-c3cc(-n4c5ccccc5c5ncccc54)cc(-n4c5ccccc5c5ncccc54)c3)cc2)c1. The summed E-state index contributed by atoms with van der Waals surface area (Å²) >= 11 is 0. The third-order valence-electron chi connectivity index (χ3n) is 12.1. The Labute approximate surface area is 351 Å². The van der Waals surface area contributed by atoms with Crippen LogP contribution >= 0.6 is 0 Å². The zero-order valence-corrected chi connectivity index (χ0v) is 35.1. The number of fused-ring (bicyclic) bond motifs is 6. The van der Waals surface area contributed by atoms with E-state index in [0.29, 0.717) is 0 Å². The third-order valence-corrected chi connectivity index (χ3v) is 12.1. The van der Waals surface area contributed by atoms with E-state index in [-0.39, 0.29) is 5.41 Å². The lowest BCUT2D eigenvalue weighted by Gasteiger charge is -2.30. The Bertz CT molecular complexity index is 2980. The Morgan fingerprint density at radius 1 is 0.467 bits per heavy atom. The number of pyridine rings is 2. The molecule has 0 saturated carbocycles. The lowest BCUT2D eigenvalue weighted by atomic mass is 9.79. The molecule has 0 bridgehead atoms. The molecule has 4 aromatic heterocycles. The molecular formula is C55H48N4O. The Morgan fingerprint density at radius 3 is 1.45 bits per heavy atom. The van der Waals surface area contributed by atoms with Gasteiger partial charge in [0, 0.05) is 45.7 Å². The third kappa shape index (κ3) is 6.42. The number of nitrogens with zero attached hydrogens (tertiary/aromatic N) is 4. The summed E-state index contributed by atoms with van der Waals surface area (Å²) in [5, 5.41) is 2.25. The molecule has 0 aliphatic carbocycles. The number of hydrogen-bond acceptors (Lipinski definition) is 3. The number of aromatic nitrogens is 4. The van der Waals surface area contributed by atoms with Crippen molar-refractivity contribution in [3.8, 4) is 50.5 Å². The molecule has 294 valence electrons. The topological polar surface area (TPSA) is 44.9 Å². The Kier molecular flexibility index (Phi) is 8.94. The average Bonchev–Trinajstić information content (AvgIpc) is 3.79. The van der Waals surface area contributed by atoms with Crippen molar-refractivity contribution in [3.63, 3.8) is 0 Å². The highest BCUT2D eigenvalue weighted by Gasteiger charge is 2.26. The van der Waals surface area contributed by atoms with Gasteiger partial charge in [0.1, 0.15) is 11.4 Å². The van der Waals surface area contributed by atoms with Gasteiger partial charge in [-0.05, 0) is 127 Å². The van der Waals surface area contributed by atoms with E-state index in [0.717, 1.165) is 101 Å². The number of ether oxygens (including phenoxy) is 1. The van der Waals surface area contributed by atoms with Crippen molar-refractivity contribution in [1.29, 1.82) is 0 Å². The van der Waals surface area contributed by atoms with Gasteiger partial charge in [-0.3, -0.25) is 9.97 Å². The number of para-hydroxylation sites is 2. The van der Waals surface area contributed by atoms with E-state index >= 15 is 0 Å². The summed E-state index contributed by atoms with van der Waals surface area (Å²) in [5.41, 5.74) is 16.0. The highest BCUT2D eigenvalue weighted by atomic mass is 16.5. The maximum absolute atomic E-state index is 6.93. The fraction of sp³-hybridized carbons (Fsp3) is 0.164. The Balaban J connectivity index is 1.20. The predicted octanol–water partition coefficient (Wildman–Crippen LogP) is 14.5. The van der Waals surface area contributed by atoms with Gasteiger partial charge in [0.2, 0.25) is 0 Å². The molecule has 10 aromatic rings. The van der Waals surface area contributed by atoms with Crippen LogP contribution in [0, 0.1) is 0 Å². The molecule has 10 rings (SSSR count). The van der Waals surface area contributed by atoms with Gasteiger partial charge in [0.15, 0.2) is 0 Å². The van der Waals surface area contributed by atoms with Crippen LogP contribution in [0.2, 0.25) is 0 Å². The van der Waals surface area contributed by atoms with Crippen LogP contribution in [0.15, 0.2) is 170 Å². The predicted molar refractivity (Wildman–Crippen MR) is 251 cm³/mol. The standard InChI is InChI=1S/C55H48N4O/c1-7-55(5,6)40-33-45(37-17-9-8-10-18-37)53(60-54(2,3)4)46(34-40)38-27-25-36(26-28-38)39-31-41(58-47-21-13-11-19-43(47)51-49(58)23-15-29-56-51)35-42(32-39)59-48-22-14-12-20-44(48)52-50(59)24-16-30-57-52/h8-35H,7H2,1-6H3. The Morgan fingerprint density at radius 2 is 0.933 bits per heavy atom. The minimum absolute atomic E-state index is 0.0278. The van der Waals surface area contributed by atoms with Crippen LogP contribution in [0.3, 0.4) is 0 Å². The van der Waals surface area contributed by atoms with Crippen LogP contribution in [0.5, 0.6) is 5.75 Å². The molecule has 6 aromatic carbocycles. The molecule has 0 radical (unpaired) electrons. The largest absolute Gasteiger partial charge is 0.487 e. The van der Waals surface area contributed by atoms with Gasteiger partial charge in [-0.15, -0.1) is 0 Å². The molecular weight excluding hydrogens is 733 g/mol. The van der Waals surface area contributed by atoms with Gasteiger partial charge >= 0.3 is 0 Å². The van der Waals surface area contributed by atoms with Gasteiger partial charge in [0.25, 0.3) is 0 Å². The van der Waals surface area contributed by atoms with E-state index in [9.17, 15) is 0 Å². The maximum Gasteiger partial charge on any atom is 0.135 e. The summed E-state index contributed by atoms with van der Waals surface area (Å²) in [4.78, 5) is 9.73. The first-order valence-corrected chi connectivity index (χ1v) is 21.0. The molecule has 0 amide bonds. The van der Waals surface area contributed by atoms with Gasteiger partial charge < -0.3 is 13.9 Å². The van der Waals surface area contributed by atoms with Crippen LogP contribution in [-0.2, 0) is 5.41 Å². The summed E-state index contributed by atoms with van der Waals surface area (Å²) in [7, 11) is 0. The number of benzene rings is 6. The van der Waals surface area contributed by atoms with Crippen LogP contribution in [0.25, 0.3) is 88.6 Å². The fourth-order valence-corrected chi connectivity index (χ4v) is 8.67. The number of hydrogen-bond donors (Lipinski definition) is 0. The van der Waals surface area contributed by atoms with Gasteiger partial charge in [-0.25, -0.2) is 0 Å². The highest BCUT2D eigenvalue weighted by molar-refractivity contribution is 6.08. The molecule has 0 fully saturated rings. The van der Waals surface area contributed by atoms with Crippen LogP contribution in [0.1, 0.15) is 53.5 Å². The molecule has 5 heteroatoms. The van der Waals surface area contributed by atoms with E-state index in [1.165, 1.54) is 5.56 Å². The van der Waals surface area contributed by atoms with Crippen molar-refractivity contribution in [2.45, 2.75) is 59.0 Å². The van der Waals surface area contributed by atoms with Crippen molar-refractivity contribution in [1.82, 2.24) is 19.1 Å². The first kappa shape index (κ1) is 37.3. The van der Waals surface area contributed by atoms with Crippen LogP contribution < -0.4 is 4.74 Å². The van der Waals surface area contributed by atoms with Gasteiger partial charge in [-0.1, -0.05) is 112 Å². The fourth-order valence-electron chi connectivity index (χ4n) is 8.67. The van der Waals surface area contributed by atoms with Crippen LogP contribution in [0.4, 0.5) is 0 Å². The van der Waals surface area contributed by atoms with Crippen molar-refractivity contribution in [3.05, 3.63) is 176 Å². The molecule has 0 N–H and O–H groups in total. The first-order valence-electron chi connectivity index (χ1n) is 21.0. The minimum Gasteiger partial charge on any atom is -0.487 e. The molecule has 60 heavy (non-hydrogen) atoms. The van der Waals surface area contributed by atoms with Crippen LogP contribution in [-0.4, -0.2) is 24.7 Å². The van der Waals surface area contributed by atoms with E-state index < -0.39 is 5.60 Å². The second kappa shape index (κ2) is 14.4. The molecule has 5 nitrogen and oxygen atoms in total. The lowest BCUT2D eigenvalue weighted by molar-refractivity contribution is 0.132. The summed E-state index contributed by atoms with van der Waals surface area (Å²) in [6.45, 7) is 13.3. The van der Waals surface area contributed by atoms with Crippen molar-refractivity contribution < 1.29 is 4.74 Å². The zero-order chi connectivity index (χ0) is 41.2. The number of rotatable bonds is 8. The molecule has 0 saturated heterocycles. The van der Waals surface area contributed by atoms with Gasteiger partial charge in [-0.2, -0.15) is 0 Å². The summed E-state index contributed by atoms with van der Waals surface area (Å²) < 4.78 is 11.6. The average molecular weight is 781 g/mol. The maximum atomic E-state index is 6.93. The molecule has 0 aliphatic rings. The molecule has 0 spiro atoms. The second-order valence-electron chi connectivity index (χ2n) is 17.5. The normalized spacial score (nSPS) is 12.2. The molecule has 0 unspecified atom stereocenters. The first-order chi connectivity index (χ1) is 29.1. The molecule has 0 atom stereocenters. The monoisotopic (exact) mass is 780 g/mol. The van der Waals surface area contributed by atoms with Crippen molar-refractivity contribution in [2.24, 2.45) is 0 Å². The smallest absolute Gasteiger partial charge is 0.135 e. The highest BCUT2D eigenvalue weighted by Crippen LogP contribution is 2.45. The molecule has 0 aliphatic heterocycles. The minimum atomic E-state index is -0.401. The van der Waals surface area contributed by atoms with E-state index in [4.69, 9.17) is 14.7 Å². The lowest BCUT2D eigenvalue weighted by Crippen LogP contribution is -2.24. The van der Waals surface area contributed by atoms with Crippen molar-refractivity contribution in [2.75, 3.05) is 0 Å². The quantitative estimate of drug-likeness (QED) is 0.154. The summed E-state index contributed by atoms with van der Waals surface area (Å²) in [6.07, 6.45) is 4.78. The van der Waals surface area contributed by atoms with Gasteiger partial charge in [0.05, 0.1) is 33.1 Å². The summed E-state index contributed by atoms with van der Waals surface area (Å²) in [5.74, 6) is 0.904. The second-order valence-corrected chi connectivity index (χ2v) is 17.5. The van der Waals surface area contributed by atoms with E-state index in [1.54, 1.807) is 0 Å². The summed E-state index contributed by atoms with van der Waals surface area (Å²) in [6, 6.07) is 56.9. The zero-order valence-electron chi connectivity index (χ0n) is 35.1.